The highest BCUT2D eigenvalue weighted by Gasteiger charge is 1.79. The van der Waals surface area contributed by atoms with Crippen LogP contribution in [0.1, 0.15) is 7.43 Å². The molecule has 1 rings (SSSR count). The highest BCUT2D eigenvalue weighted by molar-refractivity contribution is 5.00. The predicted molar refractivity (Wildman–Crippen MR) is 27.1 cm³/mol. The van der Waals surface area contributed by atoms with Gasteiger partial charge in [0, 0.05) is 6.07 Å². The Morgan fingerprint density at radius 1 is 1.57 bits per heavy atom. The first-order valence-electron chi connectivity index (χ1n) is 1.62. The lowest BCUT2D eigenvalue weighted by Gasteiger charge is -1.69. The summed E-state index contributed by atoms with van der Waals surface area (Å²) >= 11 is 0. The van der Waals surface area contributed by atoms with Gasteiger partial charge in [0.15, 0.2) is 0 Å². The Morgan fingerprint density at radius 2 is 2.29 bits per heavy atom. The van der Waals surface area contributed by atoms with Crippen molar-refractivity contribution in [1.82, 2.24) is 0 Å². The molecule has 0 bridgehead atoms. The van der Waals surface area contributed by atoms with Gasteiger partial charge in [0.2, 0.25) is 0 Å². The van der Waals surface area contributed by atoms with Crippen LogP contribution in [0.4, 0.5) is 0 Å². The molecule has 1 aromatic heterocycles. The third-order valence-corrected chi connectivity index (χ3v) is 0.506. The summed E-state index contributed by atoms with van der Waals surface area (Å²) in [7, 11) is 0. The standard InChI is InChI=1S/C4H4O2.CH4/c5-4-2-1-3-6-4;/h1-3,5H;1H4. The molecule has 0 atom stereocenters. The first kappa shape index (κ1) is 6.08. The molecule has 2 heteroatoms. The fourth-order valence-electron chi connectivity index (χ4n) is 0.270. The van der Waals surface area contributed by atoms with E-state index in [9.17, 15) is 0 Å². The van der Waals surface area contributed by atoms with Gasteiger partial charge in [-0.3, -0.25) is 0 Å². The minimum Gasteiger partial charge on any atom is -0.481 e. The van der Waals surface area contributed by atoms with Gasteiger partial charge in [-0.15, -0.1) is 0 Å². The summed E-state index contributed by atoms with van der Waals surface area (Å²) < 4.78 is 4.39. The van der Waals surface area contributed by atoms with E-state index in [1.807, 2.05) is 0 Å². The first-order chi connectivity index (χ1) is 2.89. The second kappa shape index (κ2) is 2.29. The molecule has 0 aromatic carbocycles. The zero-order valence-corrected chi connectivity index (χ0v) is 3.09. The Hall–Kier alpha value is -0.920. The quantitative estimate of drug-likeness (QED) is 0.537. The molecule has 0 saturated carbocycles. The molecule has 0 radical (unpaired) electrons. The van der Waals surface area contributed by atoms with Crippen molar-refractivity contribution in [3.8, 4) is 5.95 Å². The van der Waals surface area contributed by atoms with Gasteiger partial charge in [0.05, 0.1) is 6.26 Å². The highest BCUT2D eigenvalue weighted by atomic mass is 16.5. The van der Waals surface area contributed by atoms with E-state index < -0.39 is 0 Å². The van der Waals surface area contributed by atoms with Gasteiger partial charge in [0.1, 0.15) is 0 Å². The second-order valence-electron chi connectivity index (χ2n) is 0.951. The smallest absolute Gasteiger partial charge is 0.281 e. The minimum absolute atomic E-state index is 0. The van der Waals surface area contributed by atoms with Crippen LogP contribution in [0.3, 0.4) is 0 Å². The minimum atomic E-state index is -0.0324. The van der Waals surface area contributed by atoms with Gasteiger partial charge >= 0.3 is 0 Å². The van der Waals surface area contributed by atoms with Crippen LogP contribution in [0.2, 0.25) is 0 Å². The van der Waals surface area contributed by atoms with E-state index >= 15 is 0 Å². The summed E-state index contributed by atoms with van der Waals surface area (Å²) in [6, 6.07) is 3.09. The number of furan rings is 1. The average Bonchev–Trinajstić information content (AvgIpc) is 1.86. The summed E-state index contributed by atoms with van der Waals surface area (Å²) in [6.07, 6.45) is 1.41. The Labute approximate surface area is 42.4 Å². The molecular formula is C5H8O2. The molecule has 1 N–H and O–H groups in total. The summed E-state index contributed by atoms with van der Waals surface area (Å²) in [5.41, 5.74) is 0. The van der Waals surface area contributed by atoms with Crippen molar-refractivity contribution in [3.05, 3.63) is 18.4 Å². The lowest BCUT2D eigenvalue weighted by atomic mass is 10.7. The normalized spacial score (nSPS) is 7.43. The van der Waals surface area contributed by atoms with Crippen LogP contribution in [0.25, 0.3) is 0 Å². The van der Waals surface area contributed by atoms with Crippen LogP contribution in [-0.4, -0.2) is 5.11 Å². The highest BCUT2D eigenvalue weighted by Crippen LogP contribution is 2.04. The van der Waals surface area contributed by atoms with Crippen LogP contribution < -0.4 is 0 Å². The summed E-state index contributed by atoms with van der Waals surface area (Å²) in [4.78, 5) is 0. The van der Waals surface area contributed by atoms with Crippen molar-refractivity contribution in [2.75, 3.05) is 0 Å². The van der Waals surface area contributed by atoms with Crippen molar-refractivity contribution in [3.63, 3.8) is 0 Å². The fraction of sp³-hybridized carbons (Fsp3) is 0.200. The molecule has 1 heterocycles. The molecule has 0 fully saturated rings. The summed E-state index contributed by atoms with van der Waals surface area (Å²) in [5.74, 6) is -0.0324. The van der Waals surface area contributed by atoms with E-state index in [4.69, 9.17) is 5.11 Å². The van der Waals surface area contributed by atoms with Gasteiger partial charge in [-0.2, -0.15) is 0 Å². The van der Waals surface area contributed by atoms with Crippen LogP contribution in [0.5, 0.6) is 5.95 Å². The Morgan fingerprint density at radius 3 is 2.43 bits per heavy atom. The van der Waals surface area contributed by atoms with E-state index in [1.54, 1.807) is 6.07 Å². The SMILES string of the molecule is C.Oc1ccco1. The number of rotatable bonds is 0. The van der Waals surface area contributed by atoms with E-state index in [2.05, 4.69) is 4.42 Å². The molecule has 0 spiro atoms. The lowest BCUT2D eigenvalue weighted by Crippen LogP contribution is -1.40. The van der Waals surface area contributed by atoms with Crippen molar-refractivity contribution in [1.29, 1.82) is 0 Å². The first-order valence-corrected chi connectivity index (χ1v) is 1.62. The summed E-state index contributed by atoms with van der Waals surface area (Å²) in [6.45, 7) is 0. The van der Waals surface area contributed by atoms with E-state index in [0.717, 1.165) is 0 Å². The Bertz CT molecular complexity index is 110. The van der Waals surface area contributed by atoms with Gasteiger partial charge < -0.3 is 9.52 Å². The lowest BCUT2D eigenvalue weighted by molar-refractivity contribution is 0.332. The fourth-order valence-corrected chi connectivity index (χ4v) is 0.270. The third-order valence-electron chi connectivity index (χ3n) is 0.506. The molecule has 0 amide bonds. The van der Waals surface area contributed by atoms with Crippen molar-refractivity contribution >= 4 is 0 Å². The van der Waals surface area contributed by atoms with Crippen LogP contribution in [-0.2, 0) is 0 Å². The van der Waals surface area contributed by atoms with Crippen LogP contribution >= 0.6 is 0 Å². The largest absolute Gasteiger partial charge is 0.481 e. The molecule has 0 aliphatic heterocycles. The second-order valence-corrected chi connectivity index (χ2v) is 0.951. The third kappa shape index (κ3) is 1.30. The maximum absolute atomic E-state index is 8.31. The van der Waals surface area contributed by atoms with E-state index in [-0.39, 0.29) is 13.4 Å². The average molecular weight is 100 g/mol. The summed E-state index contributed by atoms with van der Waals surface area (Å²) in [5, 5.41) is 8.31. The maximum Gasteiger partial charge on any atom is 0.281 e. The monoisotopic (exact) mass is 100 g/mol. The zero-order valence-electron chi connectivity index (χ0n) is 3.09. The molecule has 7 heavy (non-hydrogen) atoms. The maximum atomic E-state index is 8.31. The van der Waals surface area contributed by atoms with Gasteiger partial charge in [-0.25, -0.2) is 0 Å². The van der Waals surface area contributed by atoms with E-state index in [1.165, 1.54) is 12.3 Å². The molecule has 0 unspecified atom stereocenters. The molecule has 2 nitrogen and oxygen atoms in total. The Kier molecular flexibility index (Phi) is 1.99. The van der Waals surface area contributed by atoms with Gasteiger partial charge in [0.25, 0.3) is 5.95 Å². The molecule has 0 aliphatic rings. The molecule has 0 saturated heterocycles. The molecular weight excluding hydrogens is 92.1 g/mol. The Balaban J connectivity index is 0.000000360. The van der Waals surface area contributed by atoms with Crippen LogP contribution in [0, 0.1) is 0 Å². The van der Waals surface area contributed by atoms with Crippen molar-refractivity contribution in [2.45, 2.75) is 7.43 Å². The molecule has 0 aliphatic carbocycles. The van der Waals surface area contributed by atoms with Crippen molar-refractivity contribution < 1.29 is 9.52 Å². The molecule has 40 valence electrons. The predicted octanol–water partition coefficient (Wildman–Crippen LogP) is 1.62. The topological polar surface area (TPSA) is 33.4 Å². The number of aromatic hydroxyl groups is 1. The van der Waals surface area contributed by atoms with Crippen molar-refractivity contribution in [2.24, 2.45) is 0 Å². The van der Waals surface area contributed by atoms with Gasteiger partial charge in [-0.05, 0) is 6.07 Å². The number of hydrogen-bond acceptors (Lipinski definition) is 2. The zero-order chi connectivity index (χ0) is 4.41. The number of hydrogen-bond donors (Lipinski definition) is 1. The van der Waals surface area contributed by atoms with Crippen LogP contribution in [0.15, 0.2) is 22.8 Å². The molecule has 1 aromatic rings. The van der Waals surface area contributed by atoms with Gasteiger partial charge in [-0.1, -0.05) is 7.43 Å². The van der Waals surface area contributed by atoms with E-state index in [0.29, 0.717) is 0 Å².